The maximum atomic E-state index is 13.4. The third-order valence-electron chi connectivity index (χ3n) is 7.04. The average Bonchev–Trinajstić information content (AvgIpc) is 2.79. The van der Waals surface area contributed by atoms with Crippen molar-refractivity contribution in [1.82, 2.24) is 9.13 Å². The number of aryl methyl sites for hydroxylation is 1. The fourth-order valence-corrected chi connectivity index (χ4v) is 6.31. The van der Waals surface area contributed by atoms with Crippen LogP contribution in [0.4, 0.5) is 0 Å². The smallest absolute Gasteiger partial charge is 0.203 e. The van der Waals surface area contributed by atoms with Gasteiger partial charge < -0.3 is 9.13 Å². The zero-order valence-corrected chi connectivity index (χ0v) is 16.4. The summed E-state index contributed by atoms with van der Waals surface area (Å²) in [6.07, 6.45) is 7.40. The van der Waals surface area contributed by atoms with Gasteiger partial charge in [0.1, 0.15) is 0 Å². The van der Waals surface area contributed by atoms with E-state index in [1.165, 1.54) is 19.3 Å². The van der Waals surface area contributed by atoms with Crippen LogP contribution < -0.4 is 5.62 Å². The van der Waals surface area contributed by atoms with Crippen LogP contribution in [0.2, 0.25) is 0 Å². The number of carbonyl (C=O) groups excluding carboxylic acids is 1. The summed E-state index contributed by atoms with van der Waals surface area (Å²) in [7, 11) is 1.91. The third-order valence-corrected chi connectivity index (χ3v) is 7.04. The molecule has 1 aromatic heterocycles. The number of Topliss-reactive ketones (excluding diaryl/α,β-unsaturated/α-hetero) is 1. The Hall–Kier alpha value is -1.36. The molecule has 2 aromatic rings. The summed E-state index contributed by atoms with van der Waals surface area (Å²) in [5.74, 6) is 2.74. The molecule has 0 spiro atoms. The predicted molar refractivity (Wildman–Crippen MR) is 103 cm³/mol. The lowest BCUT2D eigenvalue weighted by Crippen LogP contribution is -2.51. The van der Waals surface area contributed by atoms with E-state index in [0.717, 1.165) is 48.0 Å². The van der Waals surface area contributed by atoms with E-state index in [1.54, 1.807) is 0 Å². The Labute approximate surface area is 158 Å². The van der Waals surface area contributed by atoms with Gasteiger partial charge in [0.2, 0.25) is 5.62 Å². The second-order valence-corrected chi connectivity index (χ2v) is 8.58. The zero-order chi connectivity index (χ0) is 16.5. The molecule has 0 saturated heterocycles. The molecule has 134 valence electrons. The normalized spacial score (nSPS) is 32.8. The van der Waals surface area contributed by atoms with Crippen LogP contribution in [-0.4, -0.2) is 14.9 Å². The first-order valence-electron chi connectivity index (χ1n) is 9.28. The lowest BCUT2D eigenvalue weighted by Gasteiger charge is -2.56. The highest BCUT2D eigenvalue weighted by Crippen LogP contribution is 2.60. The molecule has 4 fully saturated rings. The van der Waals surface area contributed by atoms with E-state index in [9.17, 15) is 4.79 Å². The number of hydrogen-bond acceptors (Lipinski definition) is 2. The highest BCUT2D eigenvalue weighted by atomic mass is 79.9. The first kappa shape index (κ1) is 17.1. The predicted octanol–water partition coefficient (Wildman–Crippen LogP) is 3.82. The standard InChI is InChI=1S/C20H25N3O.BrH/c1-22-16-4-2-3-5-17(16)23(19(22)21)12-18(24)20-9-13-6-14(10-20)8-15(7-13)11-20;/h2-5,13-15,21H,6-12H2,1H3;1H. The number of ketones is 1. The van der Waals surface area contributed by atoms with E-state index in [0.29, 0.717) is 17.9 Å². The number of para-hydroxylation sites is 2. The second-order valence-electron chi connectivity index (χ2n) is 8.58. The van der Waals surface area contributed by atoms with Gasteiger partial charge in [0.25, 0.3) is 0 Å². The van der Waals surface area contributed by atoms with Gasteiger partial charge in [-0.2, -0.15) is 0 Å². The molecule has 25 heavy (non-hydrogen) atoms. The molecule has 0 amide bonds. The molecule has 4 aliphatic rings. The van der Waals surface area contributed by atoms with Crippen LogP contribution in [0.25, 0.3) is 11.0 Å². The van der Waals surface area contributed by atoms with Crippen LogP contribution in [0.15, 0.2) is 24.3 Å². The highest BCUT2D eigenvalue weighted by Gasteiger charge is 2.54. The molecule has 1 N–H and O–H groups in total. The monoisotopic (exact) mass is 403 g/mol. The molecule has 0 atom stereocenters. The van der Waals surface area contributed by atoms with Crippen molar-refractivity contribution in [1.29, 1.82) is 5.41 Å². The Balaban J connectivity index is 0.00000157. The Morgan fingerprint density at radius 1 is 1.08 bits per heavy atom. The Bertz CT molecular complexity index is 859. The van der Waals surface area contributed by atoms with Crippen LogP contribution in [-0.2, 0) is 18.4 Å². The molecule has 0 aliphatic heterocycles. The van der Waals surface area contributed by atoms with Gasteiger partial charge in [0.05, 0.1) is 17.6 Å². The number of halogens is 1. The molecule has 0 unspecified atom stereocenters. The Morgan fingerprint density at radius 2 is 1.60 bits per heavy atom. The highest BCUT2D eigenvalue weighted by molar-refractivity contribution is 8.93. The Morgan fingerprint density at radius 3 is 2.16 bits per heavy atom. The lowest BCUT2D eigenvalue weighted by atomic mass is 9.48. The maximum Gasteiger partial charge on any atom is 0.203 e. The largest absolute Gasteiger partial charge is 0.313 e. The van der Waals surface area contributed by atoms with Crippen molar-refractivity contribution >= 4 is 33.8 Å². The number of nitrogens with one attached hydrogen (secondary N) is 1. The molecule has 4 bridgehead atoms. The van der Waals surface area contributed by atoms with Crippen LogP contribution in [0, 0.1) is 28.6 Å². The van der Waals surface area contributed by atoms with Crippen molar-refractivity contribution in [3.63, 3.8) is 0 Å². The summed E-state index contributed by atoms with van der Waals surface area (Å²) in [5.41, 5.74) is 2.38. The lowest BCUT2D eigenvalue weighted by molar-refractivity contribution is -0.144. The molecule has 6 rings (SSSR count). The minimum atomic E-state index is -0.0782. The summed E-state index contributed by atoms with van der Waals surface area (Å²) >= 11 is 0. The van der Waals surface area contributed by atoms with Gasteiger partial charge in [-0.05, 0) is 68.4 Å². The first-order chi connectivity index (χ1) is 11.6. The van der Waals surface area contributed by atoms with E-state index >= 15 is 0 Å². The fourth-order valence-electron chi connectivity index (χ4n) is 6.31. The number of fused-ring (bicyclic) bond motifs is 1. The van der Waals surface area contributed by atoms with Crippen LogP contribution in [0.5, 0.6) is 0 Å². The van der Waals surface area contributed by atoms with Gasteiger partial charge in [-0.1, -0.05) is 12.1 Å². The number of rotatable bonds is 3. The summed E-state index contributed by atoms with van der Waals surface area (Å²) in [6, 6.07) is 8.04. The molecule has 4 saturated carbocycles. The average molecular weight is 404 g/mol. The van der Waals surface area contributed by atoms with Crippen molar-refractivity contribution in [2.75, 3.05) is 0 Å². The molecule has 1 aromatic carbocycles. The fraction of sp³-hybridized carbons (Fsp3) is 0.600. The second kappa shape index (κ2) is 5.83. The van der Waals surface area contributed by atoms with Gasteiger partial charge in [0.15, 0.2) is 5.78 Å². The molecular weight excluding hydrogens is 378 g/mol. The summed E-state index contributed by atoms with van der Waals surface area (Å²) in [5, 5.41) is 8.43. The number of hydrogen-bond donors (Lipinski definition) is 1. The van der Waals surface area contributed by atoms with Crippen LogP contribution in [0.3, 0.4) is 0 Å². The quantitative estimate of drug-likeness (QED) is 0.831. The number of imidazole rings is 1. The molecule has 0 radical (unpaired) electrons. The first-order valence-corrected chi connectivity index (χ1v) is 9.28. The van der Waals surface area contributed by atoms with Crippen molar-refractivity contribution in [3.8, 4) is 0 Å². The summed E-state index contributed by atoms with van der Waals surface area (Å²) in [6.45, 7) is 0.367. The minimum Gasteiger partial charge on any atom is -0.313 e. The summed E-state index contributed by atoms with van der Waals surface area (Å²) in [4.78, 5) is 13.4. The Kier molecular flexibility index (Phi) is 3.98. The van der Waals surface area contributed by atoms with E-state index in [2.05, 4.69) is 0 Å². The number of aromatic nitrogens is 2. The number of nitrogens with zero attached hydrogens (tertiary/aromatic N) is 2. The summed E-state index contributed by atoms with van der Waals surface area (Å²) < 4.78 is 3.79. The van der Waals surface area contributed by atoms with E-state index in [-0.39, 0.29) is 22.4 Å². The van der Waals surface area contributed by atoms with Crippen molar-refractivity contribution in [2.24, 2.45) is 30.2 Å². The third kappa shape index (κ3) is 2.46. The van der Waals surface area contributed by atoms with Crippen molar-refractivity contribution in [3.05, 3.63) is 29.9 Å². The zero-order valence-electron chi connectivity index (χ0n) is 14.7. The van der Waals surface area contributed by atoms with Crippen LogP contribution in [0.1, 0.15) is 38.5 Å². The van der Waals surface area contributed by atoms with Crippen LogP contribution >= 0.6 is 17.0 Å². The van der Waals surface area contributed by atoms with E-state index in [1.807, 2.05) is 40.4 Å². The van der Waals surface area contributed by atoms with Gasteiger partial charge in [-0.3, -0.25) is 10.2 Å². The molecule has 1 heterocycles. The topological polar surface area (TPSA) is 50.8 Å². The molecule has 4 nitrogen and oxygen atoms in total. The maximum absolute atomic E-state index is 13.4. The molecule has 4 aliphatic carbocycles. The SMILES string of the molecule is Br.Cn1c(=N)n(CC(=O)C23CC4CC(CC(C4)C2)C3)c2ccccc21. The van der Waals surface area contributed by atoms with Crippen molar-refractivity contribution < 1.29 is 4.79 Å². The number of carbonyl (C=O) groups is 1. The number of benzene rings is 1. The van der Waals surface area contributed by atoms with E-state index < -0.39 is 0 Å². The van der Waals surface area contributed by atoms with Crippen molar-refractivity contribution in [2.45, 2.75) is 45.1 Å². The van der Waals surface area contributed by atoms with Gasteiger partial charge in [0, 0.05) is 12.5 Å². The molecule has 5 heteroatoms. The van der Waals surface area contributed by atoms with Gasteiger partial charge >= 0.3 is 0 Å². The van der Waals surface area contributed by atoms with Gasteiger partial charge in [-0.15, -0.1) is 17.0 Å². The van der Waals surface area contributed by atoms with E-state index in [4.69, 9.17) is 5.41 Å². The van der Waals surface area contributed by atoms with Gasteiger partial charge in [-0.25, -0.2) is 0 Å². The molecular formula is C20H26BrN3O. The minimum absolute atomic E-state index is 0.